The van der Waals surface area contributed by atoms with E-state index in [0.29, 0.717) is 11.8 Å². The van der Waals surface area contributed by atoms with E-state index in [1.807, 2.05) is 6.07 Å². The van der Waals surface area contributed by atoms with E-state index in [1.54, 1.807) is 14.2 Å². The van der Waals surface area contributed by atoms with E-state index in [1.165, 1.54) is 5.56 Å². The summed E-state index contributed by atoms with van der Waals surface area (Å²) in [6.45, 7) is 12.1. The first-order valence-corrected chi connectivity index (χ1v) is 7.25. The molecule has 0 saturated carbocycles. The van der Waals surface area contributed by atoms with Gasteiger partial charge in [0.2, 0.25) is 0 Å². The average Bonchev–Trinajstić information content (AvgIpc) is 2.42. The van der Waals surface area contributed by atoms with Crippen LogP contribution >= 0.6 is 0 Å². The van der Waals surface area contributed by atoms with E-state index in [0.717, 1.165) is 18.0 Å². The van der Waals surface area contributed by atoms with Crippen LogP contribution in [0.1, 0.15) is 46.1 Å². The molecule has 0 aliphatic rings. The molecule has 0 fully saturated rings. The van der Waals surface area contributed by atoms with Crippen LogP contribution in [-0.4, -0.2) is 26.3 Å². The third-order valence-electron chi connectivity index (χ3n) is 3.74. The zero-order valence-corrected chi connectivity index (χ0v) is 13.9. The standard InChI is InChI=1S/C17H29NO2/c1-12(11-18-17(3,4)5)13(2)14-8-9-15(19-6)16(10-14)20-7/h8-10,12-13,18H,11H2,1-7H3. The van der Waals surface area contributed by atoms with Gasteiger partial charge in [0.1, 0.15) is 0 Å². The predicted molar refractivity (Wildman–Crippen MR) is 84.9 cm³/mol. The van der Waals surface area contributed by atoms with Crippen molar-refractivity contribution < 1.29 is 9.47 Å². The Labute approximate surface area is 123 Å². The summed E-state index contributed by atoms with van der Waals surface area (Å²) in [5.74, 6) is 2.59. The summed E-state index contributed by atoms with van der Waals surface area (Å²) in [6, 6.07) is 6.19. The number of hydrogen-bond donors (Lipinski definition) is 1. The van der Waals surface area contributed by atoms with Gasteiger partial charge in [0, 0.05) is 5.54 Å². The second kappa shape index (κ2) is 6.98. The zero-order chi connectivity index (χ0) is 15.3. The van der Waals surface area contributed by atoms with Crippen LogP contribution in [0.15, 0.2) is 18.2 Å². The fraction of sp³-hybridized carbons (Fsp3) is 0.647. The van der Waals surface area contributed by atoms with Gasteiger partial charge in [-0.1, -0.05) is 19.9 Å². The number of methoxy groups -OCH3 is 2. The highest BCUT2D eigenvalue weighted by Gasteiger charge is 2.18. The Bertz CT molecular complexity index is 423. The Hall–Kier alpha value is -1.22. The second-order valence-electron chi connectivity index (χ2n) is 6.51. The van der Waals surface area contributed by atoms with Crippen molar-refractivity contribution in [3.63, 3.8) is 0 Å². The normalized spacial score (nSPS) is 14.8. The molecular weight excluding hydrogens is 250 g/mol. The van der Waals surface area contributed by atoms with Gasteiger partial charge in [-0.15, -0.1) is 0 Å². The molecule has 0 aliphatic heterocycles. The number of hydrogen-bond acceptors (Lipinski definition) is 3. The average molecular weight is 279 g/mol. The van der Waals surface area contributed by atoms with Gasteiger partial charge in [0.15, 0.2) is 11.5 Å². The topological polar surface area (TPSA) is 30.5 Å². The van der Waals surface area contributed by atoms with Crippen LogP contribution in [0.2, 0.25) is 0 Å². The minimum atomic E-state index is 0.158. The molecule has 0 aromatic heterocycles. The van der Waals surface area contributed by atoms with E-state index in [4.69, 9.17) is 9.47 Å². The lowest BCUT2D eigenvalue weighted by Crippen LogP contribution is -2.39. The predicted octanol–water partition coefficient (Wildman–Crippen LogP) is 3.83. The first-order chi connectivity index (χ1) is 9.28. The van der Waals surface area contributed by atoms with Gasteiger partial charge in [0.05, 0.1) is 14.2 Å². The van der Waals surface area contributed by atoms with Crippen molar-refractivity contribution in [2.45, 2.75) is 46.1 Å². The van der Waals surface area contributed by atoms with Crippen molar-refractivity contribution in [1.82, 2.24) is 5.32 Å². The van der Waals surface area contributed by atoms with Crippen molar-refractivity contribution in [3.05, 3.63) is 23.8 Å². The molecule has 2 atom stereocenters. The summed E-state index contributed by atoms with van der Waals surface area (Å²) >= 11 is 0. The third-order valence-corrected chi connectivity index (χ3v) is 3.74. The highest BCUT2D eigenvalue weighted by Crippen LogP contribution is 2.33. The van der Waals surface area contributed by atoms with Gasteiger partial charge in [-0.25, -0.2) is 0 Å². The Morgan fingerprint density at radius 1 is 1.05 bits per heavy atom. The van der Waals surface area contributed by atoms with Crippen molar-refractivity contribution >= 4 is 0 Å². The first-order valence-electron chi connectivity index (χ1n) is 7.25. The minimum Gasteiger partial charge on any atom is -0.493 e. The molecule has 0 amide bonds. The zero-order valence-electron chi connectivity index (χ0n) is 13.9. The smallest absolute Gasteiger partial charge is 0.160 e. The lowest BCUT2D eigenvalue weighted by Gasteiger charge is -2.27. The molecule has 3 nitrogen and oxygen atoms in total. The van der Waals surface area contributed by atoms with Crippen molar-refractivity contribution in [2.24, 2.45) is 5.92 Å². The molecule has 0 saturated heterocycles. The molecular formula is C17H29NO2. The number of nitrogens with one attached hydrogen (secondary N) is 1. The van der Waals surface area contributed by atoms with Crippen LogP contribution in [0.4, 0.5) is 0 Å². The monoisotopic (exact) mass is 279 g/mol. The van der Waals surface area contributed by atoms with Gasteiger partial charge in [-0.2, -0.15) is 0 Å². The van der Waals surface area contributed by atoms with Crippen LogP contribution in [-0.2, 0) is 0 Å². The molecule has 2 unspecified atom stereocenters. The molecule has 1 aromatic carbocycles. The maximum absolute atomic E-state index is 5.38. The van der Waals surface area contributed by atoms with Gasteiger partial charge >= 0.3 is 0 Å². The number of rotatable bonds is 6. The van der Waals surface area contributed by atoms with Crippen LogP contribution in [0.25, 0.3) is 0 Å². The fourth-order valence-electron chi connectivity index (χ4n) is 2.11. The summed E-state index contributed by atoms with van der Waals surface area (Å²) in [5, 5.41) is 3.57. The largest absolute Gasteiger partial charge is 0.493 e. The molecule has 1 aromatic rings. The molecule has 1 rings (SSSR count). The van der Waals surface area contributed by atoms with E-state index < -0.39 is 0 Å². The Kier molecular flexibility index (Phi) is 5.88. The van der Waals surface area contributed by atoms with Crippen molar-refractivity contribution in [3.8, 4) is 11.5 Å². The van der Waals surface area contributed by atoms with Gasteiger partial charge in [-0.3, -0.25) is 0 Å². The lowest BCUT2D eigenvalue weighted by molar-refractivity contribution is 0.349. The molecule has 0 spiro atoms. The molecule has 3 heteroatoms. The Morgan fingerprint density at radius 2 is 1.65 bits per heavy atom. The van der Waals surface area contributed by atoms with E-state index in [-0.39, 0.29) is 5.54 Å². The quantitative estimate of drug-likeness (QED) is 0.858. The minimum absolute atomic E-state index is 0.158. The summed E-state index contributed by atoms with van der Waals surface area (Å²) in [5.41, 5.74) is 1.44. The first kappa shape index (κ1) is 16.8. The Morgan fingerprint density at radius 3 is 2.15 bits per heavy atom. The molecule has 0 aliphatic carbocycles. The molecule has 0 heterocycles. The number of ether oxygens (including phenoxy) is 2. The van der Waals surface area contributed by atoms with Crippen LogP contribution in [0.5, 0.6) is 11.5 Å². The van der Waals surface area contributed by atoms with Crippen molar-refractivity contribution in [1.29, 1.82) is 0 Å². The lowest BCUT2D eigenvalue weighted by atomic mass is 9.88. The van der Waals surface area contributed by atoms with Gasteiger partial charge < -0.3 is 14.8 Å². The third kappa shape index (κ3) is 4.71. The molecule has 114 valence electrons. The summed E-state index contributed by atoms with van der Waals surface area (Å²) < 4.78 is 10.7. The maximum atomic E-state index is 5.38. The van der Waals surface area contributed by atoms with Gasteiger partial charge in [-0.05, 0) is 56.8 Å². The molecule has 0 bridgehead atoms. The van der Waals surface area contributed by atoms with Crippen molar-refractivity contribution in [2.75, 3.05) is 20.8 Å². The summed E-state index contributed by atoms with van der Waals surface area (Å²) in [4.78, 5) is 0. The highest BCUT2D eigenvalue weighted by molar-refractivity contribution is 5.43. The van der Waals surface area contributed by atoms with E-state index in [9.17, 15) is 0 Å². The SMILES string of the molecule is COc1ccc(C(C)C(C)CNC(C)(C)C)cc1OC. The molecule has 0 radical (unpaired) electrons. The van der Waals surface area contributed by atoms with Crippen LogP contribution in [0, 0.1) is 5.92 Å². The summed E-state index contributed by atoms with van der Waals surface area (Å²) in [7, 11) is 3.34. The Balaban J connectivity index is 2.78. The molecule has 1 N–H and O–H groups in total. The van der Waals surface area contributed by atoms with Crippen LogP contribution < -0.4 is 14.8 Å². The summed E-state index contributed by atoms with van der Waals surface area (Å²) in [6.07, 6.45) is 0. The van der Waals surface area contributed by atoms with E-state index in [2.05, 4.69) is 52.1 Å². The second-order valence-corrected chi connectivity index (χ2v) is 6.51. The maximum Gasteiger partial charge on any atom is 0.160 e. The number of benzene rings is 1. The highest BCUT2D eigenvalue weighted by atomic mass is 16.5. The fourth-order valence-corrected chi connectivity index (χ4v) is 2.11. The van der Waals surface area contributed by atoms with Gasteiger partial charge in [0.25, 0.3) is 0 Å². The van der Waals surface area contributed by atoms with E-state index >= 15 is 0 Å². The van der Waals surface area contributed by atoms with Crippen LogP contribution in [0.3, 0.4) is 0 Å². The molecule has 20 heavy (non-hydrogen) atoms.